The Bertz CT molecular complexity index is 417. The molecule has 0 spiro atoms. The molecule has 0 saturated heterocycles. The topological polar surface area (TPSA) is 35.5 Å². The van der Waals surface area contributed by atoms with Crippen molar-refractivity contribution in [2.75, 3.05) is 6.61 Å². The van der Waals surface area contributed by atoms with Gasteiger partial charge in [-0.25, -0.2) is 0 Å². The summed E-state index contributed by atoms with van der Waals surface area (Å²) in [7, 11) is 0. The zero-order valence-corrected chi connectivity index (χ0v) is 11.2. The van der Waals surface area contributed by atoms with E-state index in [-0.39, 0.29) is 11.7 Å². The number of carbonyl (C=O) groups is 1. The Morgan fingerprint density at radius 2 is 1.89 bits per heavy atom. The fraction of sp³-hybridized carbons (Fsp3) is 0.417. The summed E-state index contributed by atoms with van der Waals surface area (Å²) in [5.74, 6) is -0.649. The lowest BCUT2D eigenvalue weighted by Gasteiger charge is -2.11. The van der Waals surface area contributed by atoms with E-state index in [0.717, 1.165) is 0 Å². The van der Waals surface area contributed by atoms with Crippen molar-refractivity contribution < 1.29 is 27.4 Å². The molecule has 1 aromatic rings. The smallest absolute Gasteiger partial charge is 0.465 e. The lowest BCUT2D eigenvalue weighted by atomic mass is 10.3. The van der Waals surface area contributed by atoms with Gasteiger partial charge in [0.15, 0.2) is 0 Å². The fourth-order valence-electron chi connectivity index (χ4n) is 1.23. The number of hydrogen-bond acceptors (Lipinski definition) is 4. The molecule has 106 valence electrons. The SMILES string of the molecule is CCOC(=O)C(C)Sc1ccc(OC(F)(F)F)cc1. The van der Waals surface area contributed by atoms with Crippen molar-refractivity contribution >= 4 is 17.7 Å². The highest BCUT2D eigenvalue weighted by molar-refractivity contribution is 8.00. The zero-order valence-electron chi connectivity index (χ0n) is 10.4. The summed E-state index contributed by atoms with van der Waals surface area (Å²) in [5.41, 5.74) is 0. The average molecular weight is 294 g/mol. The second kappa shape index (κ2) is 6.70. The Labute approximate surface area is 113 Å². The minimum Gasteiger partial charge on any atom is -0.465 e. The molecule has 3 nitrogen and oxygen atoms in total. The van der Waals surface area contributed by atoms with Gasteiger partial charge in [-0.2, -0.15) is 0 Å². The number of hydrogen-bond donors (Lipinski definition) is 0. The third kappa shape index (κ3) is 5.87. The Morgan fingerprint density at radius 3 is 2.37 bits per heavy atom. The van der Waals surface area contributed by atoms with Gasteiger partial charge in [-0.1, -0.05) is 0 Å². The van der Waals surface area contributed by atoms with Crippen LogP contribution in [0.2, 0.25) is 0 Å². The van der Waals surface area contributed by atoms with Crippen LogP contribution >= 0.6 is 11.8 Å². The monoisotopic (exact) mass is 294 g/mol. The molecule has 0 aliphatic heterocycles. The van der Waals surface area contributed by atoms with E-state index >= 15 is 0 Å². The number of benzene rings is 1. The van der Waals surface area contributed by atoms with Crippen molar-refractivity contribution in [3.63, 3.8) is 0 Å². The molecule has 1 unspecified atom stereocenters. The predicted octanol–water partition coefficient (Wildman–Crippen LogP) is 3.63. The molecule has 0 amide bonds. The molecule has 0 N–H and O–H groups in total. The third-order valence-electron chi connectivity index (χ3n) is 1.99. The van der Waals surface area contributed by atoms with E-state index in [4.69, 9.17) is 4.74 Å². The van der Waals surface area contributed by atoms with Gasteiger partial charge in [-0.3, -0.25) is 4.79 Å². The molecular weight excluding hydrogens is 281 g/mol. The number of halogens is 3. The lowest BCUT2D eigenvalue weighted by molar-refractivity contribution is -0.274. The van der Waals surface area contributed by atoms with Gasteiger partial charge in [-0.15, -0.1) is 24.9 Å². The molecule has 0 bridgehead atoms. The molecule has 0 radical (unpaired) electrons. The zero-order chi connectivity index (χ0) is 14.5. The van der Waals surface area contributed by atoms with Gasteiger partial charge in [0.1, 0.15) is 11.0 Å². The summed E-state index contributed by atoms with van der Waals surface area (Å²) in [6.07, 6.45) is -4.70. The van der Waals surface area contributed by atoms with Crippen molar-refractivity contribution in [2.24, 2.45) is 0 Å². The molecule has 7 heteroatoms. The minimum absolute atomic E-state index is 0.291. The molecule has 1 atom stereocenters. The standard InChI is InChI=1S/C12H13F3O3S/c1-3-17-11(16)8(2)19-10-6-4-9(5-7-10)18-12(13,14)15/h4-8H,3H2,1-2H3. The Hall–Kier alpha value is -1.37. The number of ether oxygens (including phenoxy) is 2. The summed E-state index contributed by atoms with van der Waals surface area (Å²) < 4.78 is 44.4. The molecule has 1 rings (SSSR count). The molecule has 0 aliphatic carbocycles. The highest BCUT2D eigenvalue weighted by atomic mass is 32.2. The fourth-order valence-corrected chi connectivity index (χ4v) is 2.10. The highest BCUT2D eigenvalue weighted by Crippen LogP contribution is 2.28. The van der Waals surface area contributed by atoms with Crippen molar-refractivity contribution in [3.05, 3.63) is 24.3 Å². The van der Waals surface area contributed by atoms with Crippen LogP contribution in [0.25, 0.3) is 0 Å². The van der Waals surface area contributed by atoms with Crippen LogP contribution in [0.1, 0.15) is 13.8 Å². The van der Waals surface area contributed by atoms with Crippen LogP contribution in [0.5, 0.6) is 5.75 Å². The number of esters is 1. The van der Waals surface area contributed by atoms with Gasteiger partial charge in [0.2, 0.25) is 0 Å². The predicted molar refractivity (Wildman–Crippen MR) is 65.1 cm³/mol. The van der Waals surface area contributed by atoms with Gasteiger partial charge >= 0.3 is 12.3 Å². The first-order valence-electron chi connectivity index (χ1n) is 5.51. The molecular formula is C12H13F3O3S. The summed E-state index contributed by atoms with van der Waals surface area (Å²) in [6.45, 7) is 3.67. The minimum atomic E-state index is -4.70. The Kier molecular flexibility index (Phi) is 5.53. The van der Waals surface area contributed by atoms with E-state index in [1.165, 1.54) is 36.0 Å². The van der Waals surface area contributed by atoms with E-state index in [1.807, 2.05) is 0 Å². The molecule has 0 saturated carbocycles. The van der Waals surface area contributed by atoms with Gasteiger partial charge in [-0.05, 0) is 38.1 Å². The molecule has 0 heterocycles. The van der Waals surface area contributed by atoms with E-state index in [0.29, 0.717) is 11.5 Å². The summed E-state index contributed by atoms with van der Waals surface area (Å²) in [5, 5.41) is -0.422. The van der Waals surface area contributed by atoms with Crippen LogP contribution < -0.4 is 4.74 Å². The maximum absolute atomic E-state index is 12.0. The van der Waals surface area contributed by atoms with Crippen LogP contribution in [-0.4, -0.2) is 24.2 Å². The van der Waals surface area contributed by atoms with Crippen LogP contribution in [0.4, 0.5) is 13.2 Å². The average Bonchev–Trinajstić information content (AvgIpc) is 2.30. The second-order valence-electron chi connectivity index (χ2n) is 3.53. The van der Waals surface area contributed by atoms with Crippen molar-refractivity contribution in [1.29, 1.82) is 0 Å². The normalized spacial score (nSPS) is 12.9. The highest BCUT2D eigenvalue weighted by Gasteiger charge is 2.31. The van der Waals surface area contributed by atoms with Crippen molar-refractivity contribution in [2.45, 2.75) is 30.4 Å². The van der Waals surface area contributed by atoms with Crippen LogP contribution in [0.3, 0.4) is 0 Å². The second-order valence-corrected chi connectivity index (χ2v) is 4.95. The van der Waals surface area contributed by atoms with Crippen molar-refractivity contribution in [3.8, 4) is 5.75 Å². The molecule has 0 aliphatic rings. The lowest BCUT2D eigenvalue weighted by Crippen LogP contribution is -2.17. The maximum atomic E-state index is 12.0. The van der Waals surface area contributed by atoms with Crippen LogP contribution in [0.15, 0.2) is 29.2 Å². The third-order valence-corrected chi connectivity index (χ3v) is 3.08. The Morgan fingerprint density at radius 1 is 1.32 bits per heavy atom. The molecule has 0 fully saturated rings. The summed E-state index contributed by atoms with van der Waals surface area (Å²) in [4.78, 5) is 12.0. The van der Waals surface area contributed by atoms with E-state index in [2.05, 4.69) is 4.74 Å². The van der Waals surface area contributed by atoms with E-state index in [9.17, 15) is 18.0 Å². The first kappa shape index (κ1) is 15.7. The number of rotatable bonds is 5. The van der Waals surface area contributed by atoms with Crippen LogP contribution in [-0.2, 0) is 9.53 Å². The van der Waals surface area contributed by atoms with Gasteiger partial charge in [0.25, 0.3) is 0 Å². The van der Waals surface area contributed by atoms with Crippen LogP contribution in [0, 0.1) is 0 Å². The van der Waals surface area contributed by atoms with Crippen molar-refractivity contribution in [1.82, 2.24) is 0 Å². The summed E-state index contributed by atoms with van der Waals surface area (Å²) >= 11 is 1.21. The van der Waals surface area contributed by atoms with E-state index in [1.54, 1.807) is 13.8 Å². The maximum Gasteiger partial charge on any atom is 0.573 e. The van der Waals surface area contributed by atoms with Gasteiger partial charge < -0.3 is 9.47 Å². The number of alkyl halides is 3. The number of thioether (sulfide) groups is 1. The van der Waals surface area contributed by atoms with Gasteiger partial charge in [0.05, 0.1) is 6.61 Å². The molecule has 0 aromatic heterocycles. The summed E-state index contributed by atoms with van der Waals surface area (Å²) in [6, 6.07) is 5.32. The quantitative estimate of drug-likeness (QED) is 0.613. The van der Waals surface area contributed by atoms with Gasteiger partial charge in [0, 0.05) is 4.90 Å². The Balaban J connectivity index is 2.59. The first-order valence-corrected chi connectivity index (χ1v) is 6.39. The molecule has 19 heavy (non-hydrogen) atoms. The molecule has 1 aromatic carbocycles. The largest absolute Gasteiger partial charge is 0.573 e. The number of carbonyl (C=O) groups excluding carboxylic acids is 1. The first-order chi connectivity index (χ1) is 8.81. The van der Waals surface area contributed by atoms with E-state index < -0.39 is 11.6 Å².